The summed E-state index contributed by atoms with van der Waals surface area (Å²) in [6.07, 6.45) is 2.43. The number of anilines is 2. The maximum atomic E-state index is 13.6. The number of amides is 1. The van der Waals surface area contributed by atoms with Gasteiger partial charge in [-0.25, -0.2) is 8.42 Å². The fraction of sp³-hybridized carbons (Fsp3) is 0.321. The van der Waals surface area contributed by atoms with Crippen molar-refractivity contribution >= 4 is 27.3 Å². The summed E-state index contributed by atoms with van der Waals surface area (Å²) in [4.78, 5) is 15.5. The van der Waals surface area contributed by atoms with E-state index >= 15 is 0 Å². The molecule has 36 heavy (non-hydrogen) atoms. The Balaban J connectivity index is 1.52. The van der Waals surface area contributed by atoms with Crippen LogP contribution < -0.4 is 19.3 Å². The lowest BCUT2D eigenvalue weighted by Gasteiger charge is -2.25. The predicted octanol–water partition coefficient (Wildman–Crippen LogP) is 4.68. The maximum Gasteiger partial charge on any atom is 0.264 e. The molecule has 1 aliphatic rings. The molecule has 0 bridgehead atoms. The van der Waals surface area contributed by atoms with Crippen LogP contribution in [0.5, 0.6) is 5.75 Å². The van der Waals surface area contributed by atoms with E-state index in [-0.39, 0.29) is 23.4 Å². The van der Waals surface area contributed by atoms with Crippen molar-refractivity contribution in [2.45, 2.75) is 37.6 Å². The first-order valence-corrected chi connectivity index (χ1v) is 13.6. The lowest BCUT2D eigenvalue weighted by Crippen LogP contribution is -2.41. The first kappa shape index (κ1) is 25.6. The van der Waals surface area contributed by atoms with E-state index in [1.807, 2.05) is 38.1 Å². The first-order chi connectivity index (χ1) is 17.3. The van der Waals surface area contributed by atoms with Crippen molar-refractivity contribution in [3.8, 4) is 5.75 Å². The van der Waals surface area contributed by atoms with Gasteiger partial charge in [0.25, 0.3) is 10.0 Å². The number of sulfonamides is 1. The monoisotopic (exact) mass is 507 g/mol. The van der Waals surface area contributed by atoms with Crippen LogP contribution in [0.25, 0.3) is 0 Å². The molecule has 0 aliphatic carbocycles. The van der Waals surface area contributed by atoms with E-state index < -0.39 is 10.0 Å². The zero-order valence-electron chi connectivity index (χ0n) is 21.0. The van der Waals surface area contributed by atoms with Crippen LogP contribution in [0, 0.1) is 6.92 Å². The van der Waals surface area contributed by atoms with Gasteiger partial charge in [-0.1, -0.05) is 29.8 Å². The van der Waals surface area contributed by atoms with Gasteiger partial charge in [0.05, 0.1) is 23.7 Å². The fourth-order valence-corrected chi connectivity index (χ4v) is 5.77. The molecule has 1 unspecified atom stereocenters. The Hall–Kier alpha value is -3.52. The van der Waals surface area contributed by atoms with E-state index in [1.165, 1.54) is 37.8 Å². The second-order valence-corrected chi connectivity index (χ2v) is 11.0. The molecule has 1 N–H and O–H groups in total. The number of nitrogens with one attached hydrogen (secondary N) is 1. The molecule has 0 spiro atoms. The summed E-state index contributed by atoms with van der Waals surface area (Å²) in [6.45, 7) is 5.63. The Morgan fingerprint density at radius 2 is 1.58 bits per heavy atom. The van der Waals surface area contributed by atoms with Crippen LogP contribution >= 0.6 is 0 Å². The molecule has 0 saturated carbocycles. The highest BCUT2D eigenvalue weighted by atomic mass is 32.2. The van der Waals surface area contributed by atoms with Gasteiger partial charge in [0.15, 0.2) is 0 Å². The number of hydrogen-bond acceptors (Lipinski definition) is 5. The second-order valence-electron chi connectivity index (χ2n) is 9.10. The number of carbonyl (C=O) groups excluding carboxylic acids is 1. The molecule has 1 atom stereocenters. The minimum absolute atomic E-state index is 0.0854. The van der Waals surface area contributed by atoms with Crippen molar-refractivity contribution in [3.05, 3.63) is 83.9 Å². The summed E-state index contributed by atoms with van der Waals surface area (Å²) in [7, 11) is -2.47. The molecule has 1 aliphatic heterocycles. The Kier molecular flexibility index (Phi) is 7.84. The molecule has 1 saturated heterocycles. The lowest BCUT2D eigenvalue weighted by molar-refractivity contribution is -0.120. The number of nitrogens with zero attached hydrogens (tertiary/aromatic N) is 2. The third-order valence-electron chi connectivity index (χ3n) is 6.50. The second kappa shape index (κ2) is 11.0. The van der Waals surface area contributed by atoms with Gasteiger partial charge < -0.3 is 15.0 Å². The van der Waals surface area contributed by atoms with E-state index in [4.69, 9.17) is 4.74 Å². The lowest BCUT2D eigenvalue weighted by atomic mass is 10.1. The van der Waals surface area contributed by atoms with E-state index in [0.717, 1.165) is 28.5 Å². The summed E-state index contributed by atoms with van der Waals surface area (Å²) < 4.78 is 33.4. The number of aryl methyl sites for hydroxylation is 1. The molecule has 8 heteroatoms. The predicted molar refractivity (Wildman–Crippen MR) is 143 cm³/mol. The average Bonchev–Trinajstić information content (AvgIpc) is 3.43. The van der Waals surface area contributed by atoms with E-state index in [0.29, 0.717) is 11.4 Å². The standard InChI is InChI=1S/C28H33N3O4S/c1-21-6-10-25(11-7-21)31(36(33,34)27-16-14-26(35-3)15-17-27)20-28(32)29-22(2)23-8-12-24(13-9-23)30-18-4-5-19-30/h6-17,22H,4-5,18-20H2,1-3H3,(H,29,32). The molecule has 190 valence electrons. The number of benzene rings is 3. The van der Waals surface area contributed by atoms with Crippen LogP contribution in [-0.4, -0.2) is 41.1 Å². The van der Waals surface area contributed by atoms with Crippen molar-refractivity contribution in [3.63, 3.8) is 0 Å². The van der Waals surface area contributed by atoms with E-state index in [2.05, 4.69) is 22.3 Å². The van der Waals surface area contributed by atoms with Crippen LogP contribution in [0.1, 0.15) is 36.9 Å². The quantitative estimate of drug-likeness (QED) is 0.455. The fourth-order valence-electron chi connectivity index (χ4n) is 4.35. The van der Waals surface area contributed by atoms with Crippen LogP contribution in [0.4, 0.5) is 11.4 Å². The Bertz CT molecular complexity index is 1270. The van der Waals surface area contributed by atoms with Crippen molar-refractivity contribution in [1.82, 2.24) is 5.32 Å². The smallest absolute Gasteiger partial charge is 0.264 e. The van der Waals surface area contributed by atoms with Crippen LogP contribution in [0.2, 0.25) is 0 Å². The van der Waals surface area contributed by atoms with Crippen LogP contribution in [-0.2, 0) is 14.8 Å². The summed E-state index contributed by atoms with van der Waals surface area (Å²) in [5, 5.41) is 2.96. The summed E-state index contributed by atoms with van der Waals surface area (Å²) in [5.41, 5.74) is 3.57. The number of carbonyl (C=O) groups is 1. The van der Waals surface area contributed by atoms with Crippen molar-refractivity contribution < 1.29 is 17.9 Å². The molecule has 0 aromatic heterocycles. The van der Waals surface area contributed by atoms with Crippen molar-refractivity contribution in [2.24, 2.45) is 0 Å². The molecule has 3 aromatic rings. The Morgan fingerprint density at radius 3 is 2.17 bits per heavy atom. The molecular formula is C28H33N3O4S. The van der Waals surface area contributed by atoms with Gasteiger partial charge in [-0.2, -0.15) is 0 Å². The highest BCUT2D eigenvalue weighted by Gasteiger charge is 2.28. The Morgan fingerprint density at radius 1 is 0.972 bits per heavy atom. The first-order valence-electron chi connectivity index (χ1n) is 12.2. The normalized spacial score (nSPS) is 14.4. The molecular weight excluding hydrogens is 474 g/mol. The third-order valence-corrected chi connectivity index (χ3v) is 8.29. The molecule has 1 amide bonds. The molecule has 1 heterocycles. The summed E-state index contributed by atoms with van der Waals surface area (Å²) in [6, 6.07) is 21.2. The minimum Gasteiger partial charge on any atom is -0.497 e. The molecule has 7 nitrogen and oxygen atoms in total. The van der Waals surface area contributed by atoms with Gasteiger partial charge in [0.1, 0.15) is 12.3 Å². The zero-order valence-corrected chi connectivity index (χ0v) is 21.8. The average molecular weight is 508 g/mol. The number of rotatable bonds is 9. The van der Waals surface area contributed by atoms with Crippen LogP contribution in [0.15, 0.2) is 77.7 Å². The number of hydrogen-bond donors (Lipinski definition) is 1. The summed E-state index contributed by atoms with van der Waals surface area (Å²) in [5.74, 6) is 0.168. The van der Waals surface area contributed by atoms with Gasteiger partial charge in [0, 0.05) is 18.8 Å². The highest BCUT2D eigenvalue weighted by molar-refractivity contribution is 7.92. The van der Waals surface area contributed by atoms with Gasteiger partial charge in [-0.15, -0.1) is 0 Å². The van der Waals surface area contributed by atoms with Gasteiger partial charge in [-0.3, -0.25) is 9.10 Å². The molecule has 3 aromatic carbocycles. The zero-order chi connectivity index (χ0) is 25.7. The molecule has 1 fully saturated rings. The van der Waals surface area contributed by atoms with Crippen molar-refractivity contribution in [1.29, 1.82) is 0 Å². The highest BCUT2D eigenvalue weighted by Crippen LogP contribution is 2.26. The van der Waals surface area contributed by atoms with Crippen LogP contribution in [0.3, 0.4) is 0 Å². The molecule has 0 radical (unpaired) electrons. The minimum atomic E-state index is -3.99. The van der Waals surface area contributed by atoms with Gasteiger partial charge in [0.2, 0.25) is 5.91 Å². The summed E-state index contributed by atoms with van der Waals surface area (Å²) >= 11 is 0. The van der Waals surface area contributed by atoms with E-state index in [9.17, 15) is 13.2 Å². The van der Waals surface area contributed by atoms with Crippen molar-refractivity contribution in [2.75, 3.05) is 35.9 Å². The van der Waals surface area contributed by atoms with E-state index in [1.54, 1.807) is 24.3 Å². The Labute approximate surface area is 213 Å². The van der Waals surface area contributed by atoms with Gasteiger partial charge >= 0.3 is 0 Å². The number of ether oxygens (including phenoxy) is 1. The third kappa shape index (κ3) is 5.82. The van der Waals surface area contributed by atoms with Gasteiger partial charge in [-0.05, 0) is 80.8 Å². The largest absolute Gasteiger partial charge is 0.497 e. The molecule has 4 rings (SSSR count). The SMILES string of the molecule is COc1ccc(S(=O)(=O)N(CC(=O)NC(C)c2ccc(N3CCCC3)cc2)c2ccc(C)cc2)cc1. The maximum absolute atomic E-state index is 13.6. The topological polar surface area (TPSA) is 79.0 Å². The number of methoxy groups -OCH3 is 1.